The molecular formula is C16H16BrClN2O. The van der Waals surface area contributed by atoms with Crippen LogP contribution in [0.15, 0.2) is 28.7 Å². The second-order valence-electron chi connectivity index (χ2n) is 5.25. The highest BCUT2D eigenvalue weighted by atomic mass is 79.9. The summed E-state index contributed by atoms with van der Waals surface area (Å²) in [6.07, 6.45) is 4.85. The van der Waals surface area contributed by atoms with Crippen LogP contribution in [0.5, 0.6) is 5.75 Å². The van der Waals surface area contributed by atoms with Crippen molar-refractivity contribution in [3.05, 3.63) is 39.6 Å². The van der Waals surface area contributed by atoms with Crippen LogP contribution in [0.25, 0.3) is 11.4 Å². The lowest BCUT2D eigenvalue weighted by atomic mass is 10.0. The molecule has 1 saturated carbocycles. The minimum Gasteiger partial charge on any atom is -0.497 e. The molecule has 0 amide bonds. The van der Waals surface area contributed by atoms with Crippen molar-refractivity contribution in [1.29, 1.82) is 0 Å². The molecule has 3 rings (SSSR count). The second-order valence-corrected chi connectivity index (χ2v) is 6.40. The predicted octanol–water partition coefficient (Wildman–Crippen LogP) is 5.23. The zero-order valence-electron chi connectivity index (χ0n) is 11.8. The quantitative estimate of drug-likeness (QED) is 0.697. The molecule has 0 bridgehead atoms. The Hall–Kier alpha value is -1.13. The Labute approximate surface area is 137 Å². The first-order valence-electron chi connectivity index (χ1n) is 7.06. The molecule has 1 aliphatic rings. The first kappa shape index (κ1) is 14.8. The minimum absolute atomic E-state index is 0.476. The van der Waals surface area contributed by atoms with E-state index in [4.69, 9.17) is 21.3 Å². The molecule has 0 atom stereocenters. The van der Waals surface area contributed by atoms with Gasteiger partial charge in [0.25, 0.3) is 0 Å². The molecule has 0 saturated heterocycles. The number of rotatable bonds is 3. The van der Waals surface area contributed by atoms with Gasteiger partial charge in [0.15, 0.2) is 5.82 Å². The summed E-state index contributed by atoms with van der Waals surface area (Å²) in [6, 6.07) is 7.74. The molecule has 5 heteroatoms. The predicted molar refractivity (Wildman–Crippen MR) is 87.9 cm³/mol. The van der Waals surface area contributed by atoms with E-state index in [0.29, 0.717) is 16.9 Å². The topological polar surface area (TPSA) is 35.0 Å². The summed E-state index contributed by atoms with van der Waals surface area (Å²) in [6.45, 7) is 0. The summed E-state index contributed by atoms with van der Waals surface area (Å²) < 4.78 is 6.10. The molecule has 1 fully saturated rings. The third kappa shape index (κ3) is 3.06. The monoisotopic (exact) mass is 366 g/mol. The van der Waals surface area contributed by atoms with Crippen LogP contribution in [0.1, 0.15) is 37.3 Å². The average molecular weight is 368 g/mol. The highest BCUT2D eigenvalue weighted by molar-refractivity contribution is 9.10. The fourth-order valence-corrected chi connectivity index (χ4v) is 3.47. The molecule has 21 heavy (non-hydrogen) atoms. The van der Waals surface area contributed by atoms with Gasteiger partial charge in [-0.1, -0.05) is 36.6 Å². The van der Waals surface area contributed by atoms with E-state index in [2.05, 4.69) is 20.9 Å². The molecule has 0 aliphatic heterocycles. The number of hydrogen-bond acceptors (Lipinski definition) is 3. The van der Waals surface area contributed by atoms with Crippen LogP contribution in [0.4, 0.5) is 0 Å². The Morgan fingerprint density at radius 2 is 2.00 bits per heavy atom. The Balaban J connectivity index is 2.06. The molecule has 110 valence electrons. The van der Waals surface area contributed by atoms with Gasteiger partial charge >= 0.3 is 0 Å². The Bertz CT molecular complexity index is 657. The molecule has 0 spiro atoms. The Kier molecular flexibility index (Phi) is 4.45. The molecule has 1 aromatic carbocycles. The lowest BCUT2D eigenvalue weighted by Gasteiger charge is -2.13. The van der Waals surface area contributed by atoms with Crippen LogP contribution in [-0.4, -0.2) is 17.1 Å². The summed E-state index contributed by atoms with van der Waals surface area (Å²) in [5.74, 6) is 1.92. The normalized spacial score (nSPS) is 15.4. The standard InChI is InChI=1S/C16H16BrClN2O/c1-21-12-8-4-7-11(9-12)16-19-14(10-5-2-3-6-10)13(17)15(18)20-16/h4,7-10H,2-3,5-6H2,1H3. The van der Waals surface area contributed by atoms with Gasteiger partial charge < -0.3 is 4.74 Å². The van der Waals surface area contributed by atoms with E-state index in [1.165, 1.54) is 25.7 Å². The van der Waals surface area contributed by atoms with Gasteiger partial charge in [-0.25, -0.2) is 9.97 Å². The van der Waals surface area contributed by atoms with Crippen molar-refractivity contribution in [3.8, 4) is 17.1 Å². The van der Waals surface area contributed by atoms with E-state index in [1.807, 2.05) is 24.3 Å². The van der Waals surface area contributed by atoms with Crippen LogP contribution in [-0.2, 0) is 0 Å². The largest absolute Gasteiger partial charge is 0.497 e. The lowest BCUT2D eigenvalue weighted by molar-refractivity contribution is 0.415. The van der Waals surface area contributed by atoms with Crippen LogP contribution < -0.4 is 4.74 Å². The van der Waals surface area contributed by atoms with E-state index in [1.54, 1.807) is 7.11 Å². The second kappa shape index (κ2) is 6.32. The molecule has 0 radical (unpaired) electrons. The summed E-state index contributed by atoms with van der Waals surface area (Å²) >= 11 is 9.84. The Morgan fingerprint density at radius 1 is 1.24 bits per heavy atom. The molecule has 0 N–H and O–H groups in total. The fourth-order valence-electron chi connectivity index (χ4n) is 2.80. The first-order valence-corrected chi connectivity index (χ1v) is 8.23. The van der Waals surface area contributed by atoms with Crippen LogP contribution >= 0.6 is 27.5 Å². The van der Waals surface area contributed by atoms with E-state index >= 15 is 0 Å². The van der Waals surface area contributed by atoms with E-state index < -0.39 is 0 Å². The smallest absolute Gasteiger partial charge is 0.161 e. The minimum atomic E-state index is 0.476. The number of nitrogens with zero attached hydrogens (tertiary/aromatic N) is 2. The van der Waals surface area contributed by atoms with Crippen molar-refractivity contribution >= 4 is 27.5 Å². The zero-order chi connectivity index (χ0) is 14.8. The third-order valence-corrected chi connectivity index (χ3v) is 5.19. The fraction of sp³-hybridized carbons (Fsp3) is 0.375. The summed E-state index contributed by atoms with van der Waals surface area (Å²) in [4.78, 5) is 9.17. The van der Waals surface area contributed by atoms with Crippen LogP contribution in [0.2, 0.25) is 5.15 Å². The van der Waals surface area contributed by atoms with Crippen LogP contribution in [0.3, 0.4) is 0 Å². The number of halogens is 2. The molecule has 1 aromatic heterocycles. The van der Waals surface area contributed by atoms with Crippen molar-refractivity contribution in [1.82, 2.24) is 9.97 Å². The zero-order valence-corrected chi connectivity index (χ0v) is 14.1. The van der Waals surface area contributed by atoms with Gasteiger partial charge in [0.1, 0.15) is 10.9 Å². The summed E-state index contributed by atoms with van der Waals surface area (Å²) in [5, 5.41) is 0.477. The van der Waals surface area contributed by atoms with E-state index in [9.17, 15) is 0 Å². The highest BCUT2D eigenvalue weighted by Gasteiger charge is 2.23. The molecular weight excluding hydrogens is 352 g/mol. The van der Waals surface area contributed by atoms with Gasteiger partial charge in [0.05, 0.1) is 17.3 Å². The first-order chi connectivity index (χ1) is 10.2. The summed E-state index contributed by atoms with van der Waals surface area (Å²) in [5.41, 5.74) is 1.95. The molecule has 2 aromatic rings. The van der Waals surface area contributed by atoms with Gasteiger partial charge in [0.2, 0.25) is 0 Å². The lowest BCUT2D eigenvalue weighted by Crippen LogP contribution is -2.02. The molecule has 1 heterocycles. The van der Waals surface area contributed by atoms with Crippen molar-refractivity contribution in [2.24, 2.45) is 0 Å². The number of hydrogen-bond donors (Lipinski definition) is 0. The number of benzene rings is 1. The van der Waals surface area contributed by atoms with Gasteiger partial charge in [-0.3, -0.25) is 0 Å². The van der Waals surface area contributed by atoms with Gasteiger partial charge in [-0.2, -0.15) is 0 Å². The van der Waals surface area contributed by atoms with Crippen molar-refractivity contribution in [3.63, 3.8) is 0 Å². The van der Waals surface area contributed by atoms with E-state index in [-0.39, 0.29) is 0 Å². The maximum atomic E-state index is 6.29. The Morgan fingerprint density at radius 3 is 2.71 bits per heavy atom. The average Bonchev–Trinajstić information content (AvgIpc) is 3.04. The van der Waals surface area contributed by atoms with Crippen molar-refractivity contribution < 1.29 is 4.74 Å². The van der Waals surface area contributed by atoms with Gasteiger partial charge in [-0.05, 0) is 40.9 Å². The molecule has 0 unspecified atom stereocenters. The molecule has 3 nitrogen and oxygen atoms in total. The van der Waals surface area contributed by atoms with Crippen LogP contribution in [0, 0.1) is 0 Å². The molecule has 1 aliphatic carbocycles. The van der Waals surface area contributed by atoms with Gasteiger partial charge in [-0.15, -0.1) is 0 Å². The van der Waals surface area contributed by atoms with Crippen molar-refractivity contribution in [2.45, 2.75) is 31.6 Å². The van der Waals surface area contributed by atoms with Gasteiger partial charge in [0, 0.05) is 11.5 Å². The van der Waals surface area contributed by atoms with Crippen molar-refractivity contribution in [2.75, 3.05) is 7.11 Å². The highest BCUT2D eigenvalue weighted by Crippen LogP contribution is 2.39. The number of aromatic nitrogens is 2. The maximum Gasteiger partial charge on any atom is 0.161 e. The number of ether oxygens (including phenoxy) is 1. The SMILES string of the molecule is COc1cccc(-c2nc(Cl)c(Br)c(C3CCCC3)n2)c1. The third-order valence-electron chi connectivity index (χ3n) is 3.91. The summed E-state index contributed by atoms with van der Waals surface area (Å²) in [7, 11) is 1.65. The number of methoxy groups -OCH3 is 1. The maximum absolute atomic E-state index is 6.29. The van der Waals surface area contributed by atoms with E-state index in [0.717, 1.165) is 21.5 Å².